The molecule has 1 N–H and O–H groups in total. The monoisotopic (exact) mass is 286 g/mol. The number of ether oxygens (including phenoxy) is 1. The lowest BCUT2D eigenvalue weighted by Crippen LogP contribution is -2.40. The van der Waals surface area contributed by atoms with E-state index in [4.69, 9.17) is 4.74 Å². The van der Waals surface area contributed by atoms with Crippen LogP contribution in [0.25, 0.3) is 0 Å². The van der Waals surface area contributed by atoms with Gasteiger partial charge in [0.2, 0.25) is 0 Å². The number of para-hydroxylation sites is 1. The third-order valence-electron chi connectivity index (χ3n) is 3.98. The lowest BCUT2D eigenvalue weighted by atomic mass is 9.84. The van der Waals surface area contributed by atoms with Crippen LogP contribution in [0.15, 0.2) is 24.3 Å². The molecule has 112 valence electrons. The summed E-state index contributed by atoms with van der Waals surface area (Å²) in [5, 5.41) is 12.2. The second-order valence-corrected chi connectivity index (χ2v) is 5.41. The van der Waals surface area contributed by atoms with Gasteiger partial charge >= 0.3 is 0 Å². The Labute approximate surface area is 126 Å². The average Bonchev–Trinajstić information content (AvgIpc) is 2.54. The van der Waals surface area contributed by atoms with Gasteiger partial charge in [0.25, 0.3) is 5.91 Å². The molecule has 1 aromatic carbocycles. The lowest BCUT2D eigenvalue weighted by Gasteiger charge is -2.26. The highest BCUT2D eigenvalue weighted by Gasteiger charge is 2.26. The molecule has 1 aliphatic rings. The van der Waals surface area contributed by atoms with E-state index >= 15 is 0 Å². The van der Waals surface area contributed by atoms with Crippen LogP contribution >= 0.6 is 0 Å². The molecular formula is C17H22N2O2. The quantitative estimate of drug-likeness (QED) is 0.903. The van der Waals surface area contributed by atoms with Gasteiger partial charge in [-0.2, -0.15) is 5.26 Å². The van der Waals surface area contributed by atoms with Gasteiger partial charge in [0, 0.05) is 0 Å². The van der Waals surface area contributed by atoms with Crippen molar-refractivity contribution in [2.24, 2.45) is 5.92 Å². The molecule has 1 fully saturated rings. The fourth-order valence-corrected chi connectivity index (χ4v) is 2.88. The van der Waals surface area contributed by atoms with Crippen molar-refractivity contribution in [3.63, 3.8) is 0 Å². The predicted molar refractivity (Wildman–Crippen MR) is 81.1 cm³/mol. The topological polar surface area (TPSA) is 62.1 Å². The Morgan fingerprint density at radius 3 is 2.76 bits per heavy atom. The summed E-state index contributed by atoms with van der Waals surface area (Å²) in [5.41, 5.74) is 0.496. The first-order valence-electron chi connectivity index (χ1n) is 7.68. The minimum Gasteiger partial charge on any atom is -0.493 e. The first-order valence-corrected chi connectivity index (χ1v) is 7.68. The Hall–Kier alpha value is -2.02. The van der Waals surface area contributed by atoms with Gasteiger partial charge in [-0.15, -0.1) is 0 Å². The van der Waals surface area contributed by atoms with Gasteiger partial charge in [0.05, 0.1) is 18.2 Å². The van der Waals surface area contributed by atoms with Crippen molar-refractivity contribution in [2.75, 3.05) is 6.61 Å². The normalized spacial score (nSPS) is 16.8. The summed E-state index contributed by atoms with van der Waals surface area (Å²) < 4.78 is 5.48. The van der Waals surface area contributed by atoms with E-state index < -0.39 is 6.04 Å². The van der Waals surface area contributed by atoms with Crippen LogP contribution < -0.4 is 10.1 Å². The zero-order chi connectivity index (χ0) is 15.1. The number of nitrogens with zero attached hydrogens (tertiary/aromatic N) is 1. The number of amides is 1. The first kappa shape index (κ1) is 15.4. The van der Waals surface area contributed by atoms with Crippen molar-refractivity contribution in [3.8, 4) is 11.8 Å². The summed E-state index contributed by atoms with van der Waals surface area (Å²) in [4.78, 5) is 12.4. The molecule has 0 aromatic heterocycles. The molecule has 0 radical (unpaired) electrons. The van der Waals surface area contributed by atoms with Crippen molar-refractivity contribution in [1.82, 2.24) is 5.32 Å². The SMILES string of the molecule is CCOc1ccccc1C(=O)NC(C#N)C1CCCCC1. The number of rotatable bonds is 5. The Morgan fingerprint density at radius 1 is 1.38 bits per heavy atom. The van der Waals surface area contributed by atoms with Crippen LogP contribution in [-0.4, -0.2) is 18.6 Å². The molecule has 1 saturated carbocycles. The van der Waals surface area contributed by atoms with Crippen LogP contribution in [0, 0.1) is 17.2 Å². The Bertz CT molecular complexity index is 516. The maximum atomic E-state index is 12.4. The molecule has 1 aromatic rings. The summed E-state index contributed by atoms with van der Waals surface area (Å²) in [5.74, 6) is 0.612. The fourth-order valence-electron chi connectivity index (χ4n) is 2.88. The van der Waals surface area contributed by atoms with E-state index in [0.717, 1.165) is 25.7 Å². The highest BCUT2D eigenvalue weighted by molar-refractivity contribution is 5.97. The number of carbonyl (C=O) groups excluding carboxylic acids is 1. The maximum Gasteiger partial charge on any atom is 0.256 e. The van der Waals surface area contributed by atoms with E-state index in [0.29, 0.717) is 17.9 Å². The number of carbonyl (C=O) groups is 1. The van der Waals surface area contributed by atoms with Gasteiger partial charge in [0.15, 0.2) is 0 Å². The van der Waals surface area contributed by atoms with Gasteiger partial charge in [-0.05, 0) is 37.8 Å². The Balaban J connectivity index is 2.07. The lowest BCUT2D eigenvalue weighted by molar-refractivity contribution is 0.0925. The molecular weight excluding hydrogens is 264 g/mol. The van der Waals surface area contributed by atoms with Crippen LogP contribution in [0.1, 0.15) is 49.4 Å². The molecule has 4 heteroatoms. The van der Waals surface area contributed by atoms with Crippen LogP contribution in [0.3, 0.4) is 0 Å². The van der Waals surface area contributed by atoms with E-state index in [1.165, 1.54) is 6.42 Å². The number of hydrogen-bond acceptors (Lipinski definition) is 3. The summed E-state index contributed by atoms with van der Waals surface area (Å²) in [6, 6.07) is 8.99. The zero-order valence-corrected chi connectivity index (χ0v) is 12.5. The van der Waals surface area contributed by atoms with E-state index in [2.05, 4.69) is 11.4 Å². The van der Waals surface area contributed by atoms with Crippen molar-refractivity contribution < 1.29 is 9.53 Å². The highest BCUT2D eigenvalue weighted by Crippen LogP contribution is 2.27. The van der Waals surface area contributed by atoms with Gasteiger partial charge < -0.3 is 10.1 Å². The molecule has 0 aliphatic heterocycles. The van der Waals surface area contributed by atoms with Gasteiger partial charge in [-0.25, -0.2) is 0 Å². The van der Waals surface area contributed by atoms with Crippen LogP contribution in [0.4, 0.5) is 0 Å². The van der Waals surface area contributed by atoms with Crippen LogP contribution in [0.2, 0.25) is 0 Å². The molecule has 0 saturated heterocycles. The number of nitriles is 1. The molecule has 21 heavy (non-hydrogen) atoms. The minimum atomic E-state index is -0.410. The molecule has 2 rings (SSSR count). The van der Waals surface area contributed by atoms with Crippen LogP contribution in [-0.2, 0) is 0 Å². The minimum absolute atomic E-state index is 0.226. The Morgan fingerprint density at radius 2 is 2.10 bits per heavy atom. The van der Waals surface area contributed by atoms with Gasteiger partial charge in [-0.1, -0.05) is 31.4 Å². The third kappa shape index (κ3) is 3.98. The second-order valence-electron chi connectivity index (χ2n) is 5.41. The summed E-state index contributed by atoms with van der Waals surface area (Å²) >= 11 is 0. The smallest absolute Gasteiger partial charge is 0.256 e. The van der Waals surface area contributed by atoms with E-state index in [9.17, 15) is 10.1 Å². The molecule has 1 atom stereocenters. The molecule has 0 bridgehead atoms. The van der Waals surface area contributed by atoms with E-state index in [1.54, 1.807) is 18.2 Å². The number of benzene rings is 1. The van der Waals surface area contributed by atoms with E-state index in [-0.39, 0.29) is 11.8 Å². The molecule has 1 amide bonds. The van der Waals surface area contributed by atoms with Crippen molar-refractivity contribution in [2.45, 2.75) is 45.1 Å². The molecule has 1 unspecified atom stereocenters. The first-order chi connectivity index (χ1) is 10.3. The number of hydrogen-bond donors (Lipinski definition) is 1. The second kappa shape index (κ2) is 7.68. The third-order valence-corrected chi connectivity index (χ3v) is 3.98. The standard InChI is InChI=1S/C17H22N2O2/c1-2-21-16-11-7-6-10-14(16)17(20)19-15(12-18)13-8-4-3-5-9-13/h6-7,10-11,13,15H,2-5,8-9H2,1H3,(H,19,20). The molecule has 0 spiro atoms. The number of nitrogens with one attached hydrogen (secondary N) is 1. The molecule has 4 nitrogen and oxygen atoms in total. The predicted octanol–water partition coefficient (Wildman–Crippen LogP) is 3.29. The zero-order valence-electron chi connectivity index (χ0n) is 12.5. The van der Waals surface area contributed by atoms with Crippen LogP contribution in [0.5, 0.6) is 5.75 Å². The van der Waals surface area contributed by atoms with Crippen molar-refractivity contribution in [3.05, 3.63) is 29.8 Å². The summed E-state index contributed by atoms with van der Waals surface area (Å²) in [6.07, 6.45) is 5.56. The van der Waals surface area contributed by atoms with Crippen molar-refractivity contribution in [1.29, 1.82) is 5.26 Å². The molecule has 0 heterocycles. The largest absolute Gasteiger partial charge is 0.493 e. The highest BCUT2D eigenvalue weighted by atomic mass is 16.5. The van der Waals surface area contributed by atoms with Crippen molar-refractivity contribution >= 4 is 5.91 Å². The van der Waals surface area contributed by atoms with E-state index in [1.807, 2.05) is 13.0 Å². The van der Waals surface area contributed by atoms with Gasteiger partial charge in [-0.3, -0.25) is 4.79 Å². The van der Waals surface area contributed by atoms with Gasteiger partial charge in [0.1, 0.15) is 11.8 Å². The molecule has 1 aliphatic carbocycles. The summed E-state index contributed by atoms with van der Waals surface area (Å²) in [7, 11) is 0. The average molecular weight is 286 g/mol. The Kier molecular flexibility index (Phi) is 5.62. The fraction of sp³-hybridized carbons (Fsp3) is 0.529. The summed E-state index contributed by atoms with van der Waals surface area (Å²) in [6.45, 7) is 2.39. The maximum absolute atomic E-state index is 12.4.